The van der Waals surface area contributed by atoms with Crippen LogP contribution in [-0.4, -0.2) is 55.5 Å². The van der Waals surface area contributed by atoms with Crippen LogP contribution in [0.2, 0.25) is 0 Å². The van der Waals surface area contributed by atoms with E-state index in [0.29, 0.717) is 16.5 Å². The van der Waals surface area contributed by atoms with E-state index in [1.54, 1.807) is 13.3 Å². The Morgan fingerprint density at radius 3 is 2.43 bits per heavy atom. The maximum Gasteiger partial charge on any atom is 0.250 e. The second-order valence-electron chi connectivity index (χ2n) is 10.4. The number of rotatable bonds is 9. The third-order valence-electron chi connectivity index (χ3n) is 7.52. The summed E-state index contributed by atoms with van der Waals surface area (Å²) in [6.45, 7) is 4.19. The molecule has 0 saturated carbocycles. The van der Waals surface area contributed by atoms with Crippen LogP contribution in [0.15, 0.2) is 72.9 Å². The van der Waals surface area contributed by atoms with E-state index in [1.165, 1.54) is 7.11 Å². The number of aromatic nitrogens is 2. The van der Waals surface area contributed by atoms with Crippen molar-refractivity contribution < 1.29 is 14.3 Å². The average molecular weight is 585 g/mol. The van der Waals surface area contributed by atoms with Crippen molar-refractivity contribution in [3.05, 3.63) is 95.6 Å². The normalized spacial score (nSPS) is 16.3. The van der Waals surface area contributed by atoms with Crippen LogP contribution in [0.25, 0.3) is 5.69 Å². The number of carbonyl (C=O) groups excluding carboxylic acids is 1. The van der Waals surface area contributed by atoms with Crippen LogP contribution in [0.5, 0.6) is 5.75 Å². The Morgan fingerprint density at radius 2 is 1.79 bits per heavy atom. The van der Waals surface area contributed by atoms with E-state index in [-0.39, 0.29) is 24.6 Å². The first-order valence-electron chi connectivity index (χ1n) is 13.7. The zero-order chi connectivity index (χ0) is 30.0. The number of thiocarbonyl (C=S) groups is 1. The number of methoxy groups -OCH3 is 2. The van der Waals surface area contributed by atoms with Crippen molar-refractivity contribution in [2.45, 2.75) is 25.9 Å². The quantitative estimate of drug-likeness (QED) is 0.256. The third kappa shape index (κ3) is 5.55. The lowest BCUT2D eigenvalue weighted by molar-refractivity contribution is -0.119. The van der Waals surface area contributed by atoms with E-state index in [2.05, 4.69) is 69.2 Å². The van der Waals surface area contributed by atoms with Gasteiger partial charge in [-0.2, -0.15) is 0 Å². The van der Waals surface area contributed by atoms with Crippen LogP contribution < -0.4 is 25.2 Å². The van der Waals surface area contributed by atoms with Crippen molar-refractivity contribution in [1.82, 2.24) is 14.9 Å². The maximum absolute atomic E-state index is 12.4. The lowest BCUT2D eigenvalue weighted by atomic mass is 9.96. The monoisotopic (exact) mass is 584 g/mol. The number of pyridine rings is 1. The fraction of sp³-hybridized carbons (Fsp3) is 0.281. The molecule has 218 valence electrons. The molecule has 1 aliphatic rings. The highest BCUT2D eigenvalue weighted by atomic mass is 32.1. The Bertz CT molecular complexity index is 1590. The first-order valence-corrected chi connectivity index (χ1v) is 14.1. The van der Waals surface area contributed by atoms with Crippen LogP contribution in [0.3, 0.4) is 0 Å². The van der Waals surface area contributed by atoms with Crippen molar-refractivity contribution in [3.8, 4) is 11.4 Å². The van der Waals surface area contributed by atoms with Crippen LogP contribution in [0.1, 0.15) is 34.7 Å². The maximum atomic E-state index is 12.4. The van der Waals surface area contributed by atoms with Crippen molar-refractivity contribution in [1.29, 1.82) is 0 Å². The van der Waals surface area contributed by atoms with E-state index in [0.717, 1.165) is 39.7 Å². The van der Waals surface area contributed by atoms with Crippen molar-refractivity contribution in [3.63, 3.8) is 0 Å². The molecule has 2 N–H and O–H groups in total. The number of anilines is 3. The lowest BCUT2D eigenvalue weighted by Gasteiger charge is -2.29. The number of carbonyl (C=O) groups is 1. The van der Waals surface area contributed by atoms with Crippen LogP contribution >= 0.6 is 12.2 Å². The Hall–Kier alpha value is -4.41. The minimum Gasteiger partial charge on any atom is -0.495 e. The summed E-state index contributed by atoms with van der Waals surface area (Å²) in [6.07, 6.45) is 1.80. The van der Waals surface area contributed by atoms with Gasteiger partial charge in [0, 0.05) is 55.9 Å². The molecule has 1 aliphatic heterocycles. The molecule has 10 heteroatoms. The minimum absolute atomic E-state index is 0.0665. The molecule has 2 aromatic heterocycles. The van der Waals surface area contributed by atoms with Gasteiger partial charge in [-0.1, -0.05) is 6.07 Å². The number of aryl methyl sites for hydroxylation is 1. The molecule has 9 nitrogen and oxygen atoms in total. The second kappa shape index (κ2) is 12.2. The molecule has 2 atom stereocenters. The van der Waals surface area contributed by atoms with Crippen LogP contribution in [0, 0.1) is 13.8 Å². The lowest BCUT2D eigenvalue weighted by Crippen LogP contribution is -2.29. The number of nitrogens with zero attached hydrogens (tertiary/aromatic N) is 4. The van der Waals surface area contributed by atoms with Crippen molar-refractivity contribution in [2.75, 3.05) is 50.0 Å². The highest BCUT2D eigenvalue weighted by Gasteiger charge is 2.42. The van der Waals surface area contributed by atoms with Crippen LogP contribution in [-0.2, 0) is 9.53 Å². The molecule has 4 aromatic rings. The number of benzene rings is 2. The van der Waals surface area contributed by atoms with Gasteiger partial charge in [-0.3, -0.25) is 9.78 Å². The molecule has 42 heavy (non-hydrogen) atoms. The van der Waals surface area contributed by atoms with E-state index >= 15 is 0 Å². The summed E-state index contributed by atoms with van der Waals surface area (Å²) in [7, 11) is 7.13. The van der Waals surface area contributed by atoms with Gasteiger partial charge in [-0.15, -0.1) is 0 Å². The highest BCUT2D eigenvalue weighted by Crippen LogP contribution is 2.45. The highest BCUT2D eigenvalue weighted by molar-refractivity contribution is 7.80. The van der Waals surface area contributed by atoms with Gasteiger partial charge in [0.1, 0.15) is 12.4 Å². The smallest absolute Gasteiger partial charge is 0.250 e. The first kappa shape index (κ1) is 29.1. The Morgan fingerprint density at radius 1 is 1.05 bits per heavy atom. The molecule has 2 aromatic carbocycles. The number of amides is 1. The van der Waals surface area contributed by atoms with Gasteiger partial charge < -0.3 is 34.5 Å². The predicted octanol–water partition coefficient (Wildman–Crippen LogP) is 5.33. The molecular formula is C32H36N6O3S. The van der Waals surface area contributed by atoms with Crippen molar-refractivity contribution in [2.24, 2.45) is 0 Å². The fourth-order valence-electron chi connectivity index (χ4n) is 5.59. The van der Waals surface area contributed by atoms with E-state index in [4.69, 9.17) is 26.7 Å². The van der Waals surface area contributed by atoms with E-state index < -0.39 is 0 Å². The fourth-order valence-corrected chi connectivity index (χ4v) is 5.94. The van der Waals surface area contributed by atoms with Gasteiger partial charge in [-0.05, 0) is 92.3 Å². The Labute approximate surface area is 252 Å². The molecule has 0 aliphatic carbocycles. The topological polar surface area (TPSA) is 83.9 Å². The first-order chi connectivity index (χ1) is 20.2. The minimum atomic E-state index is -0.276. The molecule has 1 saturated heterocycles. The zero-order valence-corrected chi connectivity index (χ0v) is 25.5. The molecule has 2 unspecified atom stereocenters. The third-order valence-corrected chi connectivity index (χ3v) is 7.84. The summed E-state index contributed by atoms with van der Waals surface area (Å²) < 4.78 is 12.8. The van der Waals surface area contributed by atoms with Gasteiger partial charge in [0.25, 0.3) is 0 Å². The Kier molecular flexibility index (Phi) is 8.46. The Balaban J connectivity index is 1.63. The summed E-state index contributed by atoms with van der Waals surface area (Å²) >= 11 is 5.96. The molecule has 1 fully saturated rings. The van der Waals surface area contributed by atoms with E-state index in [1.807, 2.05) is 50.5 Å². The van der Waals surface area contributed by atoms with Gasteiger partial charge in [0.05, 0.1) is 30.6 Å². The van der Waals surface area contributed by atoms with Gasteiger partial charge >= 0.3 is 0 Å². The van der Waals surface area contributed by atoms with Crippen molar-refractivity contribution >= 4 is 40.3 Å². The SMILES string of the molecule is COCC(=O)Nc1cc(N2C(=S)NC(c3ccccn3)C2c2cc(C)n(-c3ccc(N(C)C)cc3)c2C)ccc1OC. The molecule has 0 spiro atoms. The number of hydrogen-bond donors (Lipinski definition) is 2. The summed E-state index contributed by atoms with van der Waals surface area (Å²) in [5.41, 5.74) is 7.79. The molecule has 1 amide bonds. The molecule has 0 bridgehead atoms. The summed E-state index contributed by atoms with van der Waals surface area (Å²) in [4.78, 5) is 21.3. The van der Waals surface area contributed by atoms with Gasteiger partial charge in [-0.25, -0.2) is 0 Å². The molecule has 3 heterocycles. The standard InChI is InChI=1S/C32H36N6O3S/c1-20-17-25(21(2)37(20)23-12-10-22(11-13-23)36(3)4)31-30(26-9-7-8-16-33-26)35-32(42)38(31)24-14-15-28(41-6)27(18-24)34-29(39)19-40-5/h7-18,30-31H,19H2,1-6H3,(H,34,39)(H,35,42). The van der Waals surface area contributed by atoms with Crippen LogP contribution in [0.4, 0.5) is 17.1 Å². The predicted molar refractivity (Wildman–Crippen MR) is 171 cm³/mol. The van der Waals surface area contributed by atoms with Gasteiger partial charge in [0.2, 0.25) is 5.91 Å². The second-order valence-corrected chi connectivity index (χ2v) is 10.8. The summed E-state index contributed by atoms with van der Waals surface area (Å²) in [5, 5.41) is 7.00. The summed E-state index contributed by atoms with van der Waals surface area (Å²) in [5.74, 6) is 0.264. The molecular weight excluding hydrogens is 548 g/mol. The zero-order valence-electron chi connectivity index (χ0n) is 24.7. The largest absolute Gasteiger partial charge is 0.495 e. The average Bonchev–Trinajstić information content (AvgIpc) is 3.48. The van der Waals surface area contributed by atoms with E-state index in [9.17, 15) is 4.79 Å². The molecule has 0 radical (unpaired) electrons. The number of hydrogen-bond acceptors (Lipinski definition) is 6. The number of nitrogens with one attached hydrogen (secondary N) is 2. The summed E-state index contributed by atoms with van der Waals surface area (Å²) in [6, 6.07) is 21.9. The molecule has 5 rings (SSSR count). The number of ether oxygens (including phenoxy) is 2. The van der Waals surface area contributed by atoms with Gasteiger partial charge in [0.15, 0.2) is 5.11 Å².